The van der Waals surface area contributed by atoms with Crippen molar-refractivity contribution in [1.82, 2.24) is 0 Å². The molecule has 2 heterocycles. The van der Waals surface area contributed by atoms with E-state index in [4.69, 9.17) is 0 Å². The Kier molecular flexibility index (Phi) is 5.90. The van der Waals surface area contributed by atoms with Crippen LogP contribution in [0.3, 0.4) is 0 Å². The summed E-state index contributed by atoms with van der Waals surface area (Å²) in [7, 11) is -3.68. The molecular weight excluding hydrogens is 416 g/mol. The molecule has 0 saturated carbocycles. The zero-order valence-electron chi connectivity index (χ0n) is 15.4. The maximum absolute atomic E-state index is 13.5. The van der Waals surface area contributed by atoms with Crippen LogP contribution in [-0.2, 0) is 9.84 Å². The molecule has 0 aliphatic rings. The van der Waals surface area contributed by atoms with Crippen molar-refractivity contribution in [2.45, 2.75) is 9.79 Å². The number of hydrogen-bond acceptors (Lipinski definition) is 4. The average Bonchev–Trinajstić information content (AvgIpc) is 3.45. The third-order valence-corrected chi connectivity index (χ3v) is 7.72. The lowest BCUT2D eigenvalue weighted by molar-refractivity contribution is 0.596. The summed E-state index contributed by atoms with van der Waals surface area (Å²) >= 11 is 3.22. The summed E-state index contributed by atoms with van der Waals surface area (Å²) < 4.78 is 27.1. The second kappa shape index (κ2) is 8.74. The Morgan fingerprint density at radius 2 is 1.03 bits per heavy atom. The molecule has 0 spiro atoms. The van der Waals surface area contributed by atoms with Crippen molar-refractivity contribution in [3.8, 4) is 0 Å². The molecule has 0 radical (unpaired) electrons. The summed E-state index contributed by atoms with van der Waals surface area (Å²) in [5, 5.41) is 8.05. The molecule has 4 rings (SSSR count). The molecule has 0 saturated heterocycles. The number of hydrogen-bond donors (Lipinski definition) is 0. The Morgan fingerprint density at radius 3 is 1.45 bits per heavy atom. The highest BCUT2D eigenvalue weighted by Gasteiger charge is 2.22. The van der Waals surface area contributed by atoms with Crippen molar-refractivity contribution in [2.24, 2.45) is 0 Å². The van der Waals surface area contributed by atoms with Gasteiger partial charge in [0, 0.05) is 0 Å². The highest BCUT2D eigenvalue weighted by molar-refractivity contribution is 7.91. The van der Waals surface area contributed by atoms with Crippen molar-refractivity contribution in [3.63, 3.8) is 0 Å². The molecule has 2 aromatic carbocycles. The molecule has 144 valence electrons. The van der Waals surface area contributed by atoms with Gasteiger partial charge in [0.05, 0.1) is 9.79 Å². The lowest BCUT2D eigenvalue weighted by Gasteiger charge is -2.10. The minimum absolute atomic E-state index is 0.308. The summed E-state index contributed by atoms with van der Waals surface area (Å²) in [4.78, 5) is 0.616. The van der Waals surface area contributed by atoms with E-state index < -0.39 is 9.84 Å². The summed E-state index contributed by atoms with van der Waals surface area (Å²) in [6, 6.07) is 18.2. The molecule has 0 aliphatic carbocycles. The number of thiophene rings is 2. The predicted octanol–water partition coefficient (Wildman–Crippen LogP) is 6.98. The number of benzene rings is 2. The summed E-state index contributed by atoms with van der Waals surface area (Å²) in [6.07, 6.45) is 7.60. The van der Waals surface area contributed by atoms with Crippen LogP contribution in [0, 0.1) is 0 Å². The lowest BCUT2D eigenvalue weighted by atomic mass is 10.2. The molecule has 2 nitrogen and oxygen atoms in total. The SMILES string of the molecule is O=S(=O)(c1ccccc1/C=C/c1ccsc1)c1ccccc1/C=C/c1ccsc1. The first-order valence-electron chi connectivity index (χ1n) is 8.98. The van der Waals surface area contributed by atoms with Crippen molar-refractivity contribution in [3.05, 3.63) is 104 Å². The highest BCUT2D eigenvalue weighted by Crippen LogP contribution is 2.29. The van der Waals surface area contributed by atoms with Crippen LogP contribution in [0.2, 0.25) is 0 Å². The molecule has 0 bridgehead atoms. The van der Waals surface area contributed by atoms with E-state index >= 15 is 0 Å². The fraction of sp³-hybridized carbons (Fsp3) is 0. The standard InChI is InChI=1S/C24H18O2S3/c25-29(26,23-7-3-1-5-21(23)11-9-19-13-15-27-17-19)24-8-4-2-6-22(24)12-10-20-14-16-28-18-20/h1-18H/b11-9+,12-10+. The first-order chi connectivity index (χ1) is 14.1. The van der Waals surface area contributed by atoms with E-state index in [1.54, 1.807) is 46.9 Å². The smallest absolute Gasteiger partial charge is 0.207 e. The third kappa shape index (κ3) is 4.48. The van der Waals surface area contributed by atoms with Crippen molar-refractivity contribution < 1.29 is 8.42 Å². The van der Waals surface area contributed by atoms with E-state index in [1.807, 2.05) is 82.2 Å². The average molecular weight is 435 g/mol. The van der Waals surface area contributed by atoms with Crippen LogP contribution in [0.15, 0.2) is 92.0 Å². The van der Waals surface area contributed by atoms with E-state index in [0.29, 0.717) is 20.9 Å². The van der Waals surface area contributed by atoms with Gasteiger partial charge in [0.15, 0.2) is 0 Å². The second-order valence-electron chi connectivity index (χ2n) is 6.36. The molecule has 2 aromatic heterocycles. The van der Waals surface area contributed by atoms with Crippen LogP contribution in [-0.4, -0.2) is 8.42 Å². The molecule has 0 amide bonds. The summed E-state index contributed by atoms with van der Waals surface area (Å²) in [5.74, 6) is 0. The molecule has 0 fully saturated rings. The van der Waals surface area contributed by atoms with Gasteiger partial charge in [-0.1, -0.05) is 60.7 Å². The highest BCUT2D eigenvalue weighted by atomic mass is 32.2. The zero-order chi connectivity index (χ0) is 20.1. The van der Waals surface area contributed by atoms with E-state index in [9.17, 15) is 8.42 Å². The zero-order valence-corrected chi connectivity index (χ0v) is 17.9. The van der Waals surface area contributed by atoms with E-state index in [0.717, 1.165) is 11.1 Å². The molecule has 5 heteroatoms. The van der Waals surface area contributed by atoms with Crippen LogP contribution in [0.25, 0.3) is 24.3 Å². The lowest BCUT2D eigenvalue weighted by Crippen LogP contribution is -2.05. The fourth-order valence-electron chi connectivity index (χ4n) is 2.96. The van der Waals surface area contributed by atoms with Gasteiger partial charge in [-0.3, -0.25) is 0 Å². The Balaban J connectivity index is 1.75. The first-order valence-corrected chi connectivity index (χ1v) is 12.4. The normalized spacial score (nSPS) is 12.1. The van der Waals surface area contributed by atoms with Crippen LogP contribution in [0.5, 0.6) is 0 Å². The van der Waals surface area contributed by atoms with Crippen molar-refractivity contribution in [1.29, 1.82) is 0 Å². The number of rotatable bonds is 6. The Labute approximate surface area is 179 Å². The van der Waals surface area contributed by atoms with Gasteiger partial charge in [-0.2, -0.15) is 22.7 Å². The van der Waals surface area contributed by atoms with Gasteiger partial charge < -0.3 is 0 Å². The molecular formula is C24H18O2S3. The molecule has 0 N–H and O–H groups in total. The van der Waals surface area contributed by atoms with E-state index in [1.165, 1.54) is 0 Å². The topological polar surface area (TPSA) is 34.1 Å². The summed E-state index contributed by atoms with van der Waals surface area (Å²) in [5.41, 5.74) is 3.47. The maximum atomic E-state index is 13.5. The van der Waals surface area contributed by atoms with E-state index in [-0.39, 0.29) is 0 Å². The Bertz CT molecular complexity index is 1150. The van der Waals surface area contributed by atoms with Crippen molar-refractivity contribution >= 4 is 56.8 Å². The van der Waals surface area contributed by atoms with Crippen molar-refractivity contribution in [2.75, 3.05) is 0 Å². The van der Waals surface area contributed by atoms with Gasteiger partial charge in [0.2, 0.25) is 9.84 Å². The maximum Gasteiger partial charge on any atom is 0.207 e. The Hall–Kier alpha value is -2.73. The van der Waals surface area contributed by atoms with Gasteiger partial charge in [-0.25, -0.2) is 8.42 Å². The minimum Gasteiger partial charge on any atom is -0.218 e. The van der Waals surface area contributed by atoms with E-state index in [2.05, 4.69) is 0 Å². The first kappa shape index (κ1) is 19.6. The third-order valence-electron chi connectivity index (χ3n) is 4.41. The molecule has 0 unspecified atom stereocenters. The predicted molar refractivity (Wildman–Crippen MR) is 125 cm³/mol. The monoisotopic (exact) mass is 434 g/mol. The second-order valence-corrected chi connectivity index (χ2v) is 9.81. The summed E-state index contributed by atoms with van der Waals surface area (Å²) in [6.45, 7) is 0. The van der Waals surface area contributed by atoms with Gasteiger partial charge in [-0.15, -0.1) is 0 Å². The van der Waals surface area contributed by atoms with Gasteiger partial charge >= 0.3 is 0 Å². The fourth-order valence-corrected chi connectivity index (χ4v) is 5.86. The minimum atomic E-state index is -3.68. The van der Waals surface area contributed by atoms with Crippen LogP contribution >= 0.6 is 22.7 Å². The molecule has 0 atom stereocenters. The Morgan fingerprint density at radius 1 is 0.586 bits per heavy atom. The van der Waals surface area contributed by atoms with Crippen LogP contribution in [0.4, 0.5) is 0 Å². The van der Waals surface area contributed by atoms with Crippen LogP contribution in [0.1, 0.15) is 22.3 Å². The quantitative estimate of drug-likeness (QED) is 0.328. The van der Waals surface area contributed by atoms with Crippen LogP contribution < -0.4 is 0 Å². The molecule has 29 heavy (non-hydrogen) atoms. The molecule has 0 aliphatic heterocycles. The molecule has 4 aromatic rings. The number of sulfone groups is 1. The van der Waals surface area contributed by atoms with Gasteiger partial charge in [0.25, 0.3) is 0 Å². The van der Waals surface area contributed by atoms with Gasteiger partial charge in [-0.05, 0) is 68.0 Å². The van der Waals surface area contributed by atoms with Gasteiger partial charge in [0.1, 0.15) is 0 Å². The largest absolute Gasteiger partial charge is 0.218 e.